The first-order chi connectivity index (χ1) is 11.9. The molecule has 0 aliphatic carbocycles. The van der Waals surface area contributed by atoms with Gasteiger partial charge in [-0.15, -0.1) is 12.4 Å². The third-order valence-electron chi connectivity index (χ3n) is 3.97. The van der Waals surface area contributed by atoms with Crippen LogP contribution < -0.4 is 0 Å². The van der Waals surface area contributed by atoms with E-state index in [9.17, 15) is 13.2 Å². The summed E-state index contributed by atoms with van der Waals surface area (Å²) in [6.45, 7) is 0.461. The lowest BCUT2D eigenvalue weighted by atomic mass is 10.1. The second-order valence-electron chi connectivity index (χ2n) is 5.70. The number of hydrogen-bond donors (Lipinski definition) is 0. The van der Waals surface area contributed by atoms with Crippen molar-refractivity contribution in [3.63, 3.8) is 0 Å². The maximum Gasteiger partial charge on any atom is 0.416 e. The molecule has 0 N–H and O–H groups in total. The summed E-state index contributed by atoms with van der Waals surface area (Å²) in [5.41, 5.74) is 2.22. The zero-order valence-corrected chi connectivity index (χ0v) is 14.9. The summed E-state index contributed by atoms with van der Waals surface area (Å²) >= 11 is 0. The average Bonchev–Trinajstić information content (AvgIpc) is 2.91. The van der Waals surface area contributed by atoms with E-state index in [1.807, 2.05) is 25.3 Å². The molecule has 136 valence electrons. The van der Waals surface area contributed by atoms with Gasteiger partial charge in [0.2, 0.25) is 0 Å². The minimum absolute atomic E-state index is 0. The number of hydrogen-bond acceptors (Lipinski definition) is 1. The normalized spacial score (nSPS) is 12.2. The summed E-state index contributed by atoms with van der Waals surface area (Å²) < 4.78 is 39.6. The highest BCUT2D eigenvalue weighted by Gasteiger charge is 2.29. The van der Waals surface area contributed by atoms with E-state index < -0.39 is 11.7 Å². The molecule has 0 spiro atoms. The summed E-state index contributed by atoms with van der Waals surface area (Å²) in [7, 11) is 1.99. The lowest BCUT2D eigenvalue weighted by Crippen LogP contribution is -2.03. The van der Waals surface area contributed by atoms with Crippen LogP contribution in [0.2, 0.25) is 0 Å². The summed E-state index contributed by atoms with van der Waals surface area (Å²) in [5.74, 6) is 0. The SMILES string of the molecule is Cl.Cn1c(C=NC/C=C/c2ccc(C(F)(F)F)cc2)cc2ccccc21. The summed E-state index contributed by atoms with van der Waals surface area (Å²) in [6, 6.07) is 15.2. The highest BCUT2D eigenvalue weighted by molar-refractivity contribution is 5.90. The van der Waals surface area contributed by atoms with E-state index >= 15 is 0 Å². The van der Waals surface area contributed by atoms with Crippen molar-refractivity contribution in [1.29, 1.82) is 0 Å². The summed E-state index contributed by atoms with van der Waals surface area (Å²) in [5, 5.41) is 1.16. The molecular weight excluding hydrogens is 361 g/mol. The van der Waals surface area contributed by atoms with Crippen molar-refractivity contribution in [1.82, 2.24) is 4.57 Å². The number of rotatable bonds is 4. The monoisotopic (exact) mass is 378 g/mol. The second kappa shape index (κ2) is 8.23. The Balaban J connectivity index is 0.00000243. The Bertz CT molecular complexity index is 922. The van der Waals surface area contributed by atoms with Crippen LogP contribution in [-0.4, -0.2) is 17.3 Å². The molecule has 0 radical (unpaired) electrons. The van der Waals surface area contributed by atoms with Crippen molar-refractivity contribution < 1.29 is 13.2 Å². The molecule has 0 saturated heterocycles. The van der Waals surface area contributed by atoms with Gasteiger partial charge >= 0.3 is 6.18 Å². The van der Waals surface area contributed by atoms with Crippen molar-refractivity contribution in [2.45, 2.75) is 6.18 Å². The quantitative estimate of drug-likeness (QED) is 0.514. The molecule has 1 heterocycles. The van der Waals surface area contributed by atoms with Gasteiger partial charge in [-0.3, -0.25) is 4.99 Å². The van der Waals surface area contributed by atoms with Crippen molar-refractivity contribution >= 4 is 35.6 Å². The Morgan fingerprint density at radius 1 is 1.04 bits per heavy atom. The van der Waals surface area contributed by atoms with Gasteiger partial charge in [0.1, 0.15) is 0 Å². The molecule has 0 bridgehead atoms. The number of alkyl halides is 3. The van der Waals surface area contributed by atoms with Crippen LogP contribution in [-0.2, 0) is 13.2 Å². The third kappa shape index (κ3) is 4.55. The Morgan fingerprint density at radius 3 is 2.38 bits per heavy atom. The van der Waals surface area contributed by atoms with Crippen molar-refractivity contribution in [3.8, 4) is 0 Å². The van der Waals surface area contributed by atoms with E-state index in [2.05, 4.69) is 27.8 Å². The molecule has 0 saturated carbocycles. The molecule has 3 aromatic rings. The maximum atomic E-state index is 12.5. The smallest absolute Gasteiger partial charge is 0.343 e. The van der Waals surface area contributed by atoms with E-state index in [1.54, 1.807) is 12.3 Å². The molecule has 0 fully saturated rings. The van der Waals surface area contributed by atoms with Crippen molar-refractivity contribution in [2.75, 3.05) is 6.54 Å². The molecule has 0 aliphatic heterocycles. The molecule has 6 heteroatoms. The number of aromatic nitrogens is 1. The van der Waals surface area contributed by atoms with Gasteiger partial charge in [-0.25, -0.2) is 0 Å². The molecule has 0 atom stereocenters. The Morgan fingerprint density at radius 2 is 1.73 bits per heavy atom. The van der Waals surface area contributed by atoms with Gasteiger partial charge in [-0.05, 0) is 29.8 Å². The van der Waals surface area contributed by atoms with Crippen LogP contribution in [0.1, 0.15) is 16.8 Å². The van der Waals surface area contributed by atoms with E-state index in [0.29, 0.717) is 12.1 Å². The average molecular weight is 379 g/mol. The standard InChI is InChI=1S/C20H17F3N2.ClH/c1-25-18(13-16-6-2-3-7-19(16)25)14-24-12-4-5-15-8-10-17(11-9-15)20(21,22)23;/h2-11,13-14H,12H2,1H3;1H/b5-4+,24-14?;. The van der Waals surface area contributed by atoms with Gasteiger partial charge < -0.3 is 4.57 Å². The fraction of sp³-hybridized carbons (Fsp3) is 0.150. The molecule has 26 heavy (non-hydrogen) atoms. The number of halogens is 4. The number of nitrogens with zero attached hydrogens (tertiary/aromatic N) is 2. The van der Waals surface area contributed by atoms with Crippen LogP contribution in [0.5, 0.6) is 0 Å². The maximum absolute atomic E-state index is 12.5. The second-order valence-corrected chi connectivity index (χ2v) is 5.70. The van der Waals surface area contributed by atoms with Gasteiger partial charge in [0.25, 0.3) is 0 Å². The first-order valence-corrected chi connectivity index (χ1v) is 7.83. The van der Waals surface area contributed by atoms with Gasteiger partial charge in [0.15, 0.2) is 0 Å². The predicted molar refractivity (Wildman–Crippen MR) is 103 cm³/mol. The third-order valence-corrected chi connectivity index (χ3v) is 3.97. The Kier molecular flexibility index (Phi) is 6.27. The van der Waals surface area contributed by atoms with Crippen LogP contribution in [0.4, 0.5) is 13.2 Å². The molecule has 2 aromatic carbocycles. The molecule has 0 aliphatic rings. The number of benzene rings is 2. The number of aryl methyl sites for hydroxylation is 1. The van der Waals surface area contributed by atoms with Gasteiger partial charge in [-0.2, -0.15) is 13.2 Å². The largest absolute Gasteiger partial charge is 0.416 e. The summed E-state index contributed by atoms with van der Waals surface area (Å²) in [6.07, 6.45) is 1.09. The van der Waals surface area contributed by atoms with E-state index in [1.165, 1.54) is 12.1 Å². The van der Waals surface area contributed by atoms with Crippen LogP contribution in [0.3, 0.4) is 0 Å². The lowest BCUT2D eigenvalue weighted by Gasteiger charge is -2.05. The predicted octanol–water partition coefficient (Wildman–Crippen LogP) is 5.75. The topological polar surface area (TPSA) is 17.3 Å². The number of fused-ring (bicyclic) bond motifs is 1. The highest BCUT2D eigenvalue weighted by atomic mass is 35.5. The first-order valence-electron chi connectivity index (χ1n) is 7.83. The molecule has 0 unspecified atom stereocenters. The fourth-order valence-corrected chi connectivity index (χ4v) is 2.61. The van der Waals surface area contributed by atoms with E-state index in [4.69, 9.17) is 0 Å². The van der Waals surface area contributed by atoms with E-state index in [0.717, 1.165) is 28.7 Å². The van der Waals surface area contributed by atoms with Crippen molar-refractivity contribution in [2.24, 2.45) is 12.0 Å². The van der Waals surface area contributed by atoms with Crippen LogP contribution in [0, 0.1) is 0 Å². The van der Waals surface area contributed by atoms with Crippen LogP contribution >= 0.6 is 12.4 Å². The molecular formula is C20H18ClF3N2. The molecule has 1 aromatic heterocycles. The van der Waals surface area contributed by atoms with Crippen LogP contribution in [0.15, 0.2) is 65.7 Å². The lowest BCUT2D eigenvalue weighted by molar-refractivity contribution is -0.137. The van der Waals surface area contributed by atoms with Gasteiger partial charge in [-0.1, -0.05) is 42.5 Å². The minimum Gasteiger partial charge on any atom is -0.343 e. The zero-order chi connectivity index (χ0) is 17.9. The van der Waals surface area contributed by atoms with Gasteiger partial charge in [0.05, 0.1) is 17.8 Å². The Hall–Kier alpha value is -2.53. The molecule has 0 amide bonds. The number of aliphatic imine (C=N–C) groups is 1. The van der Waals surface area contributed by atoms with Gasteiger partial charge in [0, 0.05) is 24.2 Å². The first kappa shape index (κ1) is 19.8. The fourth-order valence-electron chi connectivity index (χ4n) is 2.61. The highest BCUT2D eigenvalue weighted by Crippen LogP contribution is 2.29. The van der Waals surface area contributed by atoms with Crippen LogP contribution in [0.25, 0.3) is 17.0 Å². The Labute approximate surface area is 156 Å². The number of para-hydroxylation sites is 1. The van der Waals surface area contributed by atoms with E-state index in [-0.39, 0.29) is 12.4 Å². The zero-order valence-electron chi connectivity index (χ0n) is 14.1. The summed E-state index contributed by atoms with van der Waals surface area (Å²) in [4.78, 5) is 4.36. The minimum atomic E-state index is -4.30. The molecule has 3 rings (SSSR count). The van der Waals surface area contributed by atoms with Crippen molar-refractivity contribution in [3.05, 3.63) is 77.5 Å². The molecule has 2 nitrogen and oxygen atoms in total.